The molecule has 7 heteroatoms. The first kappa shape index (κ1) is 14.8. The Balaban J connectivity index is 2.06. The normalized spacial score (nSPS) is 15.0. The highest BCUT2D eigenvalue weighted by molar-refractivity contribution is 5.99. The van der Waals surface area contributed by atoms with Crippen LogP contribution in [0.2, 0.25) is 0 Å². The third kappa shape index (κ3) is 2.92. The molecule has 7 nitrogen and oxygen atoms in total. The van der Waals surface area contributed by atoms with Crippen molar-refractivity contribution in [2.24, 2.45) is 12.0 Å². The summed E-state index contributed by atoms with van der Waals surface area (Å²) in [7, 11) is 1.53. The monoisotopic (exact) mass is 310 g/mol. The number of fused-ring (bicyclic) bond motifs is 1. The minimum Gasteiger partial charge on any atom is -0.466 e. The summed E-state index contributed by atoms with van der Waals surface area (Å²) in [6.45, 7) is 3.59. The van der Waals surface area contributed by atoms with Crippen molar-refractivity contribution >= 4 is 5.90 Å². The molecule has 2 aromatic rings. The van der Waals surface area contributed by atoms with Gasteiger partial charge in [0.1, 0.15) is 5.75 Å². The van der Waals surface area contributed by atoms with Crippen molar-refractivity contribution in [3.8, 4) is 17.7 Å². The highest BCUT2D eigenvalue weighted by Gasteiger charge is 2.30. The standard InChI is InChI=1S/C16H14N4O3/c1-16(2)18-15(22-13-6-7-14(21)20(3)19-13)11-8-10(9-17)4-5-12(11)23-16/h4-8H,1-3H3. The summed E-state index contributed by atoms with van der Waals surface area (Å²) < 4.78 is 12.7. The Hall–Kier alpha value is -3.14. The summed E-state index contributed by atoms with van der Waals surface area (Å²) in [5.41, 5.74) is -0.00785. The van der Waals surface area contributed by atoms with E-state index >= 15 is 0 Å². The molecule has 0 bridgehead atoms. The van der Waals surface area contributed by atoms with Gasteiger partial charge in [0, 0.05) is 19.2 Å². The third-order valence-electron chi connectivity index (χ3n) is 3.21. The van der Waals surface area contributed by atoms with E-state index in [0.717, 1.165) is 0 Å². The Morgan fingerprint density at radius 2 is 2.09 bits per heavy atom. The number of benzene rings is 1. The minimum atomic E-state index is -0.808. The molecule has 1 aromatic carbocycles. The van der Waals surface area contributed by atoms with Crippen LogP contribution in [0.3, 0.4) is 0 Å². The highest BCUT2D eigenvalue weighted by atomic mass is 16.5. The summed E-state index contributed by atoms with van der Waals surface area (Å²) >= 11 is 0. The first-order chi connectivity index (χ1) is 10.9. The molecule has 0 unspecified atom stereocenters. The maximum atomic E-state index is 11.4. The van der Waals surface area contributed by atoms with Crippen molar-refractivity contribution in [2.45, 2.75) is 19.6 Å². The molecule has 116 valence electrons. The predicted molar refractivity (Wildman–Crippen MR) is 82.5 cm³/mol. The fourth-order valence-corrected chi connectivity index (χ4v) is 2.16. The van der Waals surface area contributed by atoms with E-state index in [1.54, 1.807) is 32.0 Å². The lowest BCUT2D eigenvalue weighted by Crippen LogP contribution is -2.34. The van der Waals surface area contributed by atoms with Gasteiger partial charge in [-0.05, 0) is 32.0 Å². The van der Waals surface area contributed by atoms with Crippen molar-refractivity contribution in [1.29, 1.82) is 5.26 Å². The number of hydrogen-bond acceptors (Lipinski definition) is 6. The van der Waals surface area contributed by atoms with Gasteiger partial charge in [-0.15, -0.1) is 5.10 Å². The summed E-state index contributed by atoms with van der Waals surface area (Å²) in [6.07, 6.45) is 0. The second-order valence-electron chi connectivity index (χ2n) is 5.52. The van der Waals surface area contributed by atoms with Crippen LogP contribution in [0.1, 0.15) is 25.0 Å². The summed E-state index contributed by atoms with van der Waals surface area (Å²) in [4.78, 5) is 15.8. The molecule has 0 N–H and O–H groups in total. The molecule has 0 amide bonds. The van der Waals surface area contributed by atoms with Crippen LogP contribution in [-0.4, -0.2) is 21.4 Å². The number of rotatable bonds is 1. The average Bonchev–Trinajstić information content (AvgIpc) is 2.49. The lowest BCUT2D eigenvalue weighted by Gasteiger charge is -2.29. The predicted octanol–water partition coefficient (Wildman–Crippen LogP) is 1.61. The molecule has 0 saturated heterocycles. The Kier molecular flexibility index (Phi) is 3.37. The molecule has 0 radical (unpaired) electrons. The van der Waals surface area contributed by atoms with E-state index in [1.807, 2.05) is 0 Å². The number of aliphatic imine (C=N–C) groups is 1. The fourth-order valence-electron chi connectivity index (χ4n) is 2.16. The number of aryl methyl sites for hydroxylation is 1. The van der Waals surface area contributed by atoms with Crippen LogP contribution >= 0.6 is 0 Å². The van der Waals surface area contributed by atoms with Crippen LogP contribution in [0.4, 0.5) is 0 Å². The van der Waals surface area contributed by atoms with E-state index in [-0.39, 0.29) is 11.4 Å². The van der Waals surface area contributed by atoms with E-state index < -0.39 is 5.72 Å². The maximum Gasteiger partial charge on any atom is 0.266 e. The van der Waals surface area contributed by atoms with Crippen LogP contribution < -0.4 is 15.0 Å². The van der Waals surface area contributed by atoms with Crippen molar-refractivity contribution in [3.05, 3.63) is 51.8 Å². The SMILES string of the molecule is Cn1nc(OC2=NC(C)(C)Oc3ccc(C#N)cc32)ccc1=O. The summed E-state index contributed by atoms with van der Waals surface area (Å²) in [6, 6.07) is 9.93. The van der Waals surface area contributed by atoms with Crippen LogP contribution in [-0.2, 0) is 7.05 Å². The Morgan fingerprint density at radius 1 is 1.30 bits per heavy atom. The number of aromatic nitrogens is 2. The van der Waals surface area contributed by atoms with Crippen LogP contribution in [0.25, 0.3) is 0 Å². The van der Waals surface area contributed by atoms with Gasteiger partial charge in [0.15, 0.2) is 5.72 Å². The van der Waals surface area contributed by atoms with Gasteiger partial charge < -0.3 is 9.47 Å². The first-order valence-corrected chi connectivity index (χ1v) is 6.93. The smallest absolute Gasteiger partial charge is 0.266 e. The van der Waals surface area contributed by atoms with E-state index in [9.17, 15) is 4.79 Å². The van der Waals surface area contributed by atoms with E-state index in [1.165, 1.54) is 23.9 Å². The number of ether oxygens (including phenoxy) is 2. The topological polar surface area (TPSA) is 89.5 Å². The molecular formula is C16H14N4O3. The highest BCUT2D eigenvalue weighted by Crippen LogP contribution is 2.31. The molecule has 23 heavy (non-hydrogen) atoms. The van der Waals surface area contributed by atoms with Crippen molar-refractivity contribution < 1.29 is 9.47 Å². The molecule has 0 aliphatic carbocycles. The largest absolute Gasteiger partial charge is 0.466 e. The summed E-state index contributed by atoms with van der Waals surface area (Å²) in [5.74, 6) is 1.10. The molecule has 0 spiro atoms. The second kappa shape index (κ2) is 5.25. The molecule has 1 aliphatic heterocycles. The van der Waals surface area contributed by atoms with Gasteiger partial charge in [0.25, 0.3) is 5.56 Å². The van der Waals surface area contributed by atoms with Crippen LogP contribution in [0, 0.1) is 11.3 Å². The van der Waals surface area contributed by atoms with E-state index in [4.69, 9.17) is 14.7 Å². The van der Waals surface area contributed by atoms with E-state index in [0.29, 0.717) is 22.8 Å². The number of hydrogen-bond donors (Lipinski definition) is 0. The molecule has 1 aromatic heterocycles. The van der Waals surface area contributed by atoms with Gasteiger partial charge in [0.2, 0.25) is 11.8 Å². The summed E-state index contributed by atoms with van der Waals surface area (Å²) in [5, 5.41) is 13.1. The van der Waals surface area contributed by atoms with Gasteiger partial charge in [-0.25, -0.2) is 9.67 Å². The lowest BCUT2D eigenvalue weighted by molar-refractivity contribution is 0.111. The third-order valence-corrected chi connectivity index (χ3v) is 3.21. The minimum absolute atomic E-state index is 0.233. The quantitative estimate of drug-likeness (QED) is 0.798. The van der Waals surface area contributed by atoms with Crippen molar-refractivity contribution in [3.63, 3.8) is 0 Å². The van der Waals surface area contributed by atoms with Crippen LogP contribution in [0.5, 0.6) is 11.6 Å². The molecule has 0 atom stereocenters. The lowest BCUT2D eigenvalue weighted by atomic mass is 10.1. The zero-order valence-electron chi connectivity index (χ0n) is 12.9. The number of nitrogens with zero attached hydrogens (tertiary/aromatic N) is 4. The maximum absolute atomic E-state index is 11.4. The second-order valence-corrected chi connectivity index (χ2v) is 5.52. The van der Waals surface area contributed by atoms with Crippen molar-refractivity contribution in [2.75, 3.05) is 0 Å². The van der Waals surface area contributed by atoms with Gasteiger partial charge in [0.05, 0.1) is 17.2 Å². The van der Waals surface area contributed by atoms with E-state index in [2.05, 4.69) is 16.2 Å². The molecule has 0 fully saturated rings. The molecule has 1 aliphatic rings. The van der Waals surface area contributed by atoms with Gasteiger partial charge >= 0.3 is 0 Å². The zero-order chi connectivity index (χ0) is 16.6. The molecule has 0 saturated carbocycles. The first-order valence-electron chi connectivity index (χ1n) is 6.93. The fraction of sp³-hybridized carbons (Fsp3) is 0.250. The Labute approximate surface area is 132 Å². The average molecular weight is 310 g/mol. The van der Waals surface area contributed by atoms with Crippen molar-refractivity contribution in [1.82, 2.24) is 9.78 Å². The van der Waals surface area contributed by atoms with Gasteiger partial charge in [-0.3, -0.25) is 4.79 Å². The molecule has 3 rings (SSSR count). The molecule has 2 heterocycles. The Bertz CT molecular complexity index is 906. The van der Waals surface area contributed by atoms with Gasteiger partial charge in [-0.1, -0.05) is 0 Å². The zero-order valence-corrected chi connectivity index (χ0v) is 12.9. The van der Waals surface area contributed by atoms with Crippen LogP contribution in [0.15, 0.2) is 40.1 Å². The number of nitriles is 1. The Morgan fingerprint density at radius 3 is 2.78 bits per heavy atom. The van der Waals surface area contributed by atoms with Gasteiger partial charge in [-0.2, -0.15) is 5.26 Å². The molecular weight excluding hydrogens is 296 g/mol.